The second-order valence-corrected chi connectivity index (χ2v) is 5.35. The Morgan fingerprint density at radius 1 is 0.727 bits per heavy atom. The fourth-order valence-corrected chi connectivity index (χ4v) is 2.70. The molecule has 0 N–H and O–H groups in total. The topological polar surface area (TPSA) is 30.2 Å². The van der Waals surface area contributed by atoms with Gasteiger partial charge >= 0.3 is 0 Å². The highest BCUT2D eigenvalue weighted by Gasteiger charge is 2.10. The SMILES string of the molecule is Cc1ccccc1-c1nnc2ccc(-c3ccccc3)cn12. The minimum Gasteiger partial charge on any atom is -0.282 e. The first-order valence-corrected chi connectivity index (χ1v) is 7.29. The van der Waals surface area contributed by atoms with Gasteiger partial charge in [0, 0.05) is 11.8 Å². The van der Waals surface area contributed by atoms with E-state index in [0.29, 0.717) is 0 Å². The molecule has 0 aliphatic carbocycles. The lowest BCUT2D eigenvalue weighted by molar-refractivity contribution is 1.11. The zero-order valence-corrected chi connectivity index (χ0v) is 12.3. The van der Waals surface area contributed by atoms with Crippen LogP contribution in [0.5, 0.6) is 0 Å². The zero-order valence-electron chi connectivity index (χ0n) is 12.3. The molecule has 2 heterocycles. The van der Waals surface area contributed by atoms with E-state index in [1.54, 1.807) is 0 Å². The maximum absolute atomic E-state index is 4.37. The Morgan fingerprint density at radius 2 is 1.50 bits per heavy atom. The first-order chi connectivity index (χ1) is 10.8. The number of aryl methyl sites for hydroxylation is 1. The van der Waals surface area contributed by atoms with Gasteiger partial charge in [-0.2, -0.15) is 0 Å². The Hall–Kier alpha value is -2.94. The van der Waals surface area contributed by atoms with Crippen LogP contribution in [0, 0.1) is 6.92 Å². The molecular weight excluding hydrogens is 270 g/mol. The molecule has 0 aliphatic heterocycles. The predicted octanol–water partition coefficient (Wildman–Crippen LogP) is 4.37. The number of fused-ring (bicyclic) bond motifs is 1. The van der Waals surface area contributed by atoms with Crippen molar-refractivity contribution in [1.29, 1.82) is 0 Å². The lowest BCUT2D eigenvalue weighted by atomic mass is 10.1. The largest absolute Gasteiger partial charge is 0.282 e. The van der Waals surface area contributed by atoms with Crippen LogP contribution in [-0.4, -0.2) is 14.6 Å². The molecule has 2 aromatic carbocycles. The Labute approximate surface area is 128 Å². The third-order valence-corrected chi connectivity index (χ3v) is 3.90. The molecule has 3 heteroatoms. The Kier molecular flexibility index (Phi) is 2.97. The van der Waals surface area contributed by atoms with E-state index in [0.717, 1.165) is 22.6 Å². The van der Waals surface area contributed by atoms with Gasteiger partial charge in [0.05, 0.1) is 0 Å². The molecule has 0 saturated heterocycles. The van der Waals surface area contributed by atoms with Crippen LogP contribution in [0.3, 0.4) is 0 Å². The highest BCUT2D eigenvalue weighted by atomic mass is 15.2. The number of pyridine rings is 1. The van der Waals surface area contributed by atoms with Crippen LogP contribution in [0.15, 0.2) is 72.9 Å². The van der Waals surface area contributed by atoms with Crippen LogP contribution in [0.4, 0.5) is 0 Å². The number of hydrogen-bond acceptors (Lipinski definition) is 2. The van der Waals surface area contributed by atoms with Gasteiger partial charge in [-0.05, 0) is 35.7 Å². The molecule has 0 atom stereocenters. The molecule has 0 saturated carbocycles. The van der Waals surface area contributed by atoms with E-state index < -0.39 is 0 Å². The van der Waals surface area contributed by atoms with Crippen LogP contribution in [0.25, 0.3) is 28.2 Å². The van der Waals surface area contributed by atoms with E-state index >= 15 is 0 Å². The van der Waals surface area contributed by atoms with Crippen molar-refractivity contribution < 1.29 is 0 Å². The summed E-state index contributed by atoms with van der Waals surface area (Å²) >= 11 is 0. The highest BCUT2D eigenvalue weighted by Crippen LogP contribution is 2.25. The number of aromatic nitrogens is 3. The summed E-state index contributed by atoms with van der Waals surface area (Å²) < 4.78 is 2.06. The van der Waals surface area contributed by atoms with E-state index in [1.165, 1.54) is 11.1 Å². The van der Waals surface area contributed by atoms with Crippen LogP contribution >= 0.6 is 0 Å². The van der Waals surface area contributed by atoms with Crippen molar-refractivity contribution in [1.82, 2.24) is 14.6 Å². The molecule has 0 aliphatic rings. The van der Waals surface area contributed by atoms with E-state index in [4.69, 9.17) is 0 Å². The predicted molar refractivity (Wildman–Crippen MR) is 88.6 cm³/mol. The summed E-state index contributed by atoms with van der Waals surface area (Å²) in [7, 11) is 0. The van der Waals surface area contributed by atoms with Crippen LogP contribution in [0.2, 0.25) is 0 Å². The molecule has 0 fully saturated rings. The Morgan fingerprint density at radius 3 is 2.32 bits per heavy atom. The summed E-state index contributed by atoms with van der Waals surface area (Å²) in [5, 5.41) is 8.66. The summed E-state index contributed by atoms with van der Waals surface area (Å²) in [5.74, 6) is 0.880. The molecular formula is C19H15N3. The number of hydrogen-bond donors (Lipinski definition) is 0. The van der Waals surface area contributed by atoms with Crippen molar-refractivity contribution in [3.63, 3.8) is 0 Å². The fraction of sp³-hybridized carbons (Fsp3) is 0.0526. The van der Waals surface area contributed by atoms with Crippen LogP contribution in [-0.2, 0) is 0 Å². The second kappa shape index (κ2) is 5.11. The minimum absolute atomic E-state index is 0.859. The van der Waals surface area contributed by atoms with Crippen LogP contribution in [0.1, 0.15) is 5.56 Å². The third-order valence-electron chi connectivity index (χ3n) is 3.90. The van der Waals surface area contributed by atoms with E-state index in [-0.39, 0.29) is 0 Å². The van der Waals surface area contributed by atoms with Gasteiger partial charge in [-0.3, -0.25) is 4.40 Å². The molecule has 2 aromatic heterocycles. The van der Waals surface area contributed by atoms with Crippen molar-refractivity contribution >= 4 is 5.65 Å². The van der Waals surface area contributed by atoms with E-state index in [9.17, 15) is 0 Å². The normalized spacial score (nSPS) is 11.0. The smallest absolute Gasteiger partial charge is 0.168 e. The first-order valence-electron chi connectivity index (χ1n) is 7.29. The summed E-state index contributed by atoms with van der Waals surface area (Å²) in [6.45, 7) is 2.09. The maximum Gasteiger partial charge on any atom is 0.168 e. The molecule has 0 amide bonds. The number of nitrogens with zero attached hydrogens (tertiary/aromatic N) is 3. The molecule has 0 unspecified atom stereocenters. The van der Waals surface area contributed by atoms with Gasteiger partial charge in [0.2, 0.25) is 0 Å². The molecule has 0 radical (unpaired) electrons. The van der Waals surface area contributed by atoms with Crippen molar-refractivity contribution in [2.75, 3.05) is 0 Å². The van der Waals surface area contributed by atoms with Crippen LogP contribution < -0.4 is 0 Å². The number of benzene rings is 2. The lowest BCUT2D eigenvalue weighted by Crippen LogP contribution is -1.92. The molecule has 22 heavy (non-hydrogen) atoms. The fourth-order valence-electron chi connectivity index (χ4n) is 2.70. The van der Waals surface area contributed by atoms with Gasteiger partial charge in [-0.15, -0.1) is 10.2 Å². The quantitative estimate of drug-likeness (QED) is 0.547. The number of rotatable bonds is 2. The third kappa shape index (κ3) is 2.07. The first kappa shape index (κ1) is 12.8. The summed E-state index contributed by atoms with van der Waals surface area (Å²) in [5.41, 5.74) is 5.51. The molecule has 4 rings (SSSR count). The van der Waals surface area contributed by atoms with Gasteiger partial charge in [-0.1, -0.05) is 54.6 Å². The van der Waals surface area contributed by atoms with Gasteiger partial charge in [-0.25, -0.2) is 0 Å². The standard InChI is InChI=1S/C19H15N3/c1-14-7-5-6-10-17(14)19-21-20-18-12-11-16(13-22(18)19)15-8-3-2-4-9-15/h2-13H,1H3. The average molecular weight is 285 g/mol. The van der Waals surface area contributed by atoms with Crippen molar-refractivity contribution in [2.45, 2.75) is 6.92 Å². The molecule has 3 nitrogen and oxygen atoms in total. The van der Waals surface area contributed by atoms with Crippen molar-refractivity contribution in [3.05, 3.63) is 78.5 Å². The minimum atomic E-state index is 0.859. The molecule has 0 spiro atoms. The average Bonchev–Trinajstić information content (AvgIpc) is 2.99. The van der Waals surface area contributed by atoms with Gasteiger partial charge in [0.1, 0.15) is 0 Å². The zero-order chi connectivity index (χ0) is 14.9. The Bertz CT molecular complexity index is 939. The van der Waals surface area contributed by atoms with Crippen molar-refractivity contribution in [2.24, 2.45) is 0 Å². The molecule has 4 aromatic rings. The lowest BCUT2D eigenvalue weighted by Gasteiger charge is -2.06. The van der Waals surface area contributed by atoms with Gasteiger partial charge in [0.15, 0.2) is 11.5 Å². The highest BCUT2D eigenvalue weighted by molar-refractivity contribution is 5.68. The summed E-state index contributed by atoms with van der Waals surface area (Å²) in [6.07, 6.45) is 2.10. The monoisotopic (exact) mass is 285 g/mol. The summed E-state index contributed by atoms with van der Waals surface area (Å²) in [4.78, 5) is 0. The molecule has 106 valence electrons. The van der Waals surface area contributed by atoms with Gasteiger partial charge in [0.25, 0.3) is 0 Å². The summed E-state index contributed by atoms with van der Waals surface area (Å²) in [6, 6.07) is 22.7. The van der Waals surface area contributed by atoms with E-state index in [1.807, 2.05) is 36.4 Å². The molecule has 0 bridgehead atoms. The van der Waals surface area contributed by atoms with Gasteiger partial charge < -0.3 is 0 Å². The van der Waals surface area contributed by atoms with E-state index in [2.05, 4.69) is 58.1 Å². The maximum atomic E-state index is 4.37. The van der Waals surface area contributed by atoms with Crippen molar-refractivity contribution in [3.8, 4) is 22.5 Å². The Balaban J connectivity index is 1.93. The second-order valence-electron chi connectivity index (χ2n) is 5.35.